The van der Waals surface area contributed by atoms with Crippen LogP contribution >= 0.6 is 11.6 Å². The maximum absolute atomic E-state index is 11.5. The van der Waals surface area contributed by atoms with E-state index in [1.165, 1.54) is 6.20 Å². The molecule has 0 fully saturated rings. The highest BCUT2D eigenvalue weighted by molar-refractivity contribution is 6.33. The SMILES string of the molecule is O=C(O)CCCCC(=O)Nc1ncccc1Cl. The molecule has 0 spiro atoms. The zero-order valence-electron chi connectivity index (χ0n) is 9.15. The number of aromatic nitrogens is 1. The predicted octanol–water partition coefficient (Wildman–Crippen LogP) is 2.32. The molecular weight excluding hydrogens is 244 g/mol. The lowest BCUT2D eigenvalue weighted by molar-refractivity contribution is -0.137. The Labute approximate surface area is 104 Å². The summed E-state index contributed by atoms with van der Waals surface area (Å²) < 4.78 is 0. The van der Waals surface area contributed by atoms with Gasteiger partial charge in [0.2, 0.25) is 5.91 Å². The second-order valence-electron chi connectivity index (χ2n) is 3.48. The Morgan fingerprint density at radius 1 is 1.35 bits per heavy atom. The molecule has 0 bridgehead atoms. The number of amides is 1. The average molecular weight is 257 g/mol. The van der Waals surface area contributed by atoms with E-state index >= 15 is 0 Å². The second-order valence-corrected chi connectivity index (χ2v) is 3.89. The Morgan fingerprint density at radius 3 is 2.71 bits per heavy atom. The van der Waals surface area contributed by atoms with E-state index < -0.39 is 5.97 Å². The fourth-order valence-corrected chi connectivity index (χ4v) is 1.40. The minimum Gasteiger partial charge on any atom is -0.481 e. The van der Waals surface area contributed by atoms with Crippen LogP contribution in [0.1, 0.15) is 25.7 Å². The van der Waals surface area contributed by atoms with Gasteiger partial charge in [0.1, 0.15) is 0 Å². The third kappa shape index (κ3) is 5.31. The smallest absolute Gasteiger partial charge is 0.303 e. The molecule has 0 aromatic carbocycles. The van der Waals surface area contributed by atoms with E-state index in [0.717, 1.165) is 0 Å². The monoisotopic (exact) mass is 256 g/mol. The van der Waals surface area contributed by atoms with E-state index in [-0.39, 0.29) is 18.7 Å². The molecular formula is C11H13ClN2O3. The van der Waals surface area contributed by atoms with E-state index in [1.807, 2.05) is 0 Å². The van der Waals surface area contributed by atoms with Crippen molar-refractivity contribution in [3.05, 3.63) is 23.4 Å². The molecule has 1 amide bonds. The van der Waals surface area contributed by atoms with E-state index in [1.54, 1.807) is 12.1 Å². The molecule has 0 aliphatic heterocycles. The van der Waals surface area contributed by atoms with Gasteiger partial charge in [-0.25, -0.2) is 4.98 Å². The number of hydrogen-bond donors (Lipinski definition) is 2. The fourth-order valence-electron chi connectivity index (χ4n) is 1.23. The van der Waals surface area contributed by atoms with Gasteiger partial charge in [0.25, 0.3) is 0 Å². The van der Waals surface area contributed by atoms with Gasteiger partial charge in [0, 0.05) is 19.0 Å². The van der Waals surface area contributed by atoms with Crippen molar-refractivity contribution < 1.29 is 14.7 Å². The normalized spacial score (nSPS) is 9.94. The van der Waals surface area contributed by atoms with E-state index in [0.29, 0.717) is 23.7 Å². The van der Waals surface area contributed by atoms with Crippen LogP contribution in [0.3, 0.4) is 0 Å². The highest BCUT2D eigenvalue weighted by Gasteiger charge is 2.06. The summed E-state index contributed by atoms with van der Waals surface area (Å²) in [5, 5.41) is 11.4. The highest BCUT2D eigenvalue weighted by atomic mass is 35.5. The number of pyridine rings is 1. The molecule has 92 valence electrons. The van der Waals surface area contributed by atoms with Crippen LogP contribution in [0.2, 0.25) is 5.02 Å². The minimum absolute atomic E-state index is 0.0810. The second kappa shape index (κ2) is 6.85. The van der Waals surface area contributed by atoms with Gasteiger partial charge in [-0.3, -0.25) is 9.59 Å². The number of anilines is 1. The van der Waals surface area contributed by atoms with Gasteiger partial charge >= 0.3 is 5.97 Å². The third-order valence-corrected chi connectivity index (χ3v) is 2.37. The van der Waals surface area contributed by atoms with E-state index in [2.05, 4.69) is 10.3 Å². The molecule has 0 radical (unpaired) electrons. The number of nitrogens with zero attached hydrogens (tertiary/aromatic N) is 1. The van der Waals surface area contributed by atoms with Gasteiger partial charge in [0.05, 0.1) is 5.02 Å². The predicted molar refractivity (Wildman–Crippen MR) is 64.0 cm³/mol. The first-order valence-corrected chi connectivity index (χ1v) is 5.59. The fraction of sp³-hybridized carbons (Fsp3) is 0.364. The van der Waals surface area contributed by atoms with Crippen LogP contribution in [0.15, 0.2) is 18.3 Å². The summed E-state index contributed by atoms with van der Waals surface area (Å²) in [6, 6.07) is 3.31. The molecule has 0 saturated carbocycles. The largest absolute Gasteiger partial charge is 0.481 e. The van der Waals surface area contributed by atoms with Gasteiger partial charge in [-0.2, -0.15) is 0 Å². The molecule has 0 saturated heterocycles. The number of carboxylic acid groups (broad SMARTS) is 1. The number of carbonyl (C=O) groups is 2. The van der Waals surface area contributed by atoms with Gasteiger partial charge in [-0.05, 0) is 25.0 Å². The Bertz CT molecular complexity index is 409. The lowest BCUT2D eigenvalue weighted by Crippen LogP contribution is -2.12. The van der Waals surface area contributed by atoms with Crippen molar-refractivity contribution in [1.29, 1.82) is 0 Å². The lowest BCUT2D eigenvalue weighted by Gasteiger charge is -2.05. The zero-order valence-corrected chi connectivity index (χ0v) is 9.91. The van der Waals surface area contributed by atoms with Crippen molar-refractivity contribution in [2.45, 2.75) is 25.7 Å². The molecule has 1 heterocycles. The van der Waals surface area contributed by atoms with Crippen molar-refractivity contribution in [3.8, 4) is 0 Å². The summed E-state index contributed by atoms with van der Waals surface area (Å²) >= 11 is 5.82. The van der Waals surface area contributed by atoms with Crippen molar-refractivity contribution in [1.82, 2.24) is 4.98 Å². The molecule has 0 atom stereocenters. The van der Waals surface area contributed by atoms with Crippen LogP contribution in [-0.2, 0) is 9.59 Å². The molecule has 0 aliphatic rings. The minimum atomic E-state index is -0.849. The summed E-state index contributed by atoms with van der Waals surface area (Å²) in [4.78, 5) is 25.6. The van der Waals surface area contributed by atoms with Crippen molar-refractivity contribution in [3.63, 3.8) is 0 Å². The highest BCUT2D eigenvalue weighted by Crippen LogP contribution is 2.17. The Hall–Kier alpha value is -1.62. The molecule has 2 N–H and O–H groups in total. The van der Waals surface area contributed by atoms with Gasteiger partial charge < -0.3 is 10.4 Å². The summed E-state index contributed by atoms with van der Waals surface area (Å²) in [5.41, 5.74) is 0. The van der Waals surface area contributed by atoms with Crippen LogP contribution in [0, 0.1) is 0 Å². The number of rotatable bonds is 6. The molecule has 1 aromatic rings. The van der Waals surface area contributed by atoms with Crippen molar-refractivity contribution in [2.24, 2.45) is 0 Å². The van der Waals surface area contributed by atoms with Crippen LogP contribution in [0.25, 0.3) is 0 Å². The van der Waals surface area contributed by atoms with Crippen LogP contribution < -0.4 is 5.32 Å². The molecule has 6 heteroatoms. The van der Waals surface area contributed by atoms with Crippen LogP contribution in [0.5, 0.6) is 0 Å². The summed E-state index contributed by atoms with van der Waals surface area (Å²) in [5.74, 6) is -0.730. The summed E-state index contributed by atoms with van der Waals surface area (Å²) in [6.07, 6.45) is 2.89. The molecule has 1 rings (SSSR count). The Balaban J connectivity index is 2.30. The zero-order chi connectivity index (χ0) is 12.7. The number of aliphatic carboxylic acids is 1. The average Bonchev–Trinajstić information content (AvgIpc) is 2.27. The number of unbranched alkanes of at least 4 members (excludes halogenated alkanes) is 1. The standard InChI is InChI=1S/C11H13ClN2O3/c12-8-4-3-7-13-11(8)14-9(15)5-1-2-6-10(16)17/h3-4,7H,1-2,5-6H2,(H,16,17)(H,13,14,15). The molecule has 1 aromatic heterocycles. The molecule has 17 heavy (non-hydrogen) atoms. The summed E-state index contributed by atoms with van der Waals surface area (Å²) in [7, 11) is 0. The molecule has 0 aliphatic carbocycles. The van der Waals surface area contributed by atoms with Gasteiger partial charge in [-0.1, -0.05) is 11.6 Å². The number of halogens is 1. The van der Waals surface area contributed by atoms with Gasteiger partial charge in [-0.15, -0.1) is 0 Å². The van der Waals surface area contributed by atoms with Crippen LogP contribution in [0.4, 0.5) is 5.82 Å². The number of nitrogens with one attached hydrogen (secondary N) is 1. The first-order valence-electron chi connectivity index (χ1n) is 5.22. The van der Waals surface area contributed by atoms with Crippen molar-refractivity contribution >= 4 is 29.3 Å². The number of carbonyl (C=O) groups excluding carboxylic acids is 1. The van der Waals surface area contributed by atoms with Crippen LogP contribution in [-0.4, -0.2) is 22.0 Å². The quantitative estimate of drug-likeness (QED) is 0.766. The number of carboxylic acids is 1. The lowest BCUT2D eigenvalue weighted by atomic mass is 10.2. The summed E-state index contributed by atoms with van der Waals surface area (Å²) in [6.45, 7) is 0. The topological polar surface area (TPSA) is 79.3 Å². The maximum atomic E-state index is 11.5. The first kappa shape index (κ1) is 13.4. The number of hydrogen-bond acceptors (Lipinski definition) is 3. The van der Waals surface area contributed by atoms with E-state index in [4.69, 9.17) is 16.7 Å². The van der Waals surface area contributed by atoms with Crippen molar-refractivity contribution in [2.75, 3.05) is 5.32 Å². The molecule has 5 nitrogen and oxygen atoms in total. The Morgan fingerprint density at radius 2 is 2.06 bits per heavy atom. The van der Waals surface area contributed by atoms with Gasteiger partial charge in [0.15, 0.2) is 5.82 Å². The van der Waals surface area contributed by atoms with E-state index in [9.17, 15) is 9.59 Å². The third-order valence-electron chi connectivity index (χ3n) is 2.06. The molecule has 0 unspecified atom stereocenters. The maximum Gasteiger partial charge on any atom is 0.303 e. The first-order chi connectivity index (χ1) is 8.09. The Kier molecular flexibility index (Phi) is 5.42.